The van der Waals surface area contributed by atoms with Crippen LogP contribution in [0.1, 0.15) is 25.8 Å². The number of carbonyl (C=O) groups is 2. The zero-order valence-electron chi connectivity index (χ0n) is 27.5. The molecular weight excluding hydrogens is 617 g/mol. The maximum absolute atomic E-state index is 15.4. The summed E-state index contributed by atoms with van der Waals surface area (Å²) in [4.78, 5) is 37.8. The minimum atomic E-state index is -1.28. The minimum absolute atomic E-state index is 0.101. The van der Waals surface area contributed by atoms with Gasteiger partial charge in [0.2, 0.25) is 17.7 Å². The van der Waals surface area contributed by atoms with Crippen molar-refractivity contribution in [1.82, 2.24) is 14.9 Å². The van der Waals surface area contributed by atoms with Crippen molar-refractivity contribution in [3.05, 3.63) is 72.3 Å². The topological polar surface area (TPSA) is 124 Å². The number of nitrogens with zero attached hydrogens (tertiary/aromatic N) is 3. The number of hydrogen-bond acceptors (Lipinski definition) is 9. The molecule has 2 aliphatic rings. The normalized spacial score (nSPS) is 20.6. The van der Waals surface area contributed by atoms with Crippen molar-refractivity contribution in [2.75, 3.05) is 57.2 Å². The summed E-state index contributed by atoms with van der Waals surface area (Å²) in [5, 5.41) is 6.12. The standard InChI is InChI=1S/C36H40FN5O6/c1-22-6-8-25(9-7-22)40-34(43)36(23(2)24(36)3)35(44)41-26-10-11-30(28(37)18-26)48-33-27-19-31(45-4)32(20-29(27)38-21-39-33)47-15-5-12-42-13-16-46-17-14-42/h6-11,18-21,23-24H,5,12-17H2,1-4H3,(H,40,43)(H,41,44)/t23-,24?,36?/m1/s1. The fraction of sp³-hybridized carbons (Fsp3) is 0.389. The van der Waals surface area contributed by atoms with E-state index in [4.69, 9.17) is 18.9 Å². The van der Waals surface area contributed by atoms with E-state index in [2.05, 4.69) is 25.5 Å². The maximum atomic E-state index is 15.4. The predicted molar refractivity (Wildman–Crippen MR) is 179 cm³/mol. The molecule has 11 nitrogen and oxygen atoms in total. The van der Waals surface area contributed by atoms with Gasteiger partial charge in [0.1, 0.15) is 11.7 Å². The average Bonchev–Trinajstić information content (AvgIpc) is 3.65. The Morgan fingerprint density at radius 2 is 1.62 bits per heavy atom. The summed E-state index contributed by atoms with van der Waals surface area (Å²) in [5.74, 6) is -0.968. The van der Waals surface area contributed by atoms with Gasteiger partial charge >= 0.3 is 0 Å². The lowest BCUT2D eigenvalue weighted by atomic mass is 9.99. The van der Waals surface area contributed by atoms with Crippen molar-refractivity contribution in [3.8, 4) is 23.1 Å². The number of methoxy groups -OCH3 is 1. The van der Waals surface area contributed by atoms with Crippen LogP contribution in [0.25, 0.3) is 10.9 Å². The minimum Gasteiger partial charge on any atom is -0.493 e. The largest absolute Gasteiger partial charge is 0.493 e. The first-order valence-electron chi connectivity index (χ1n) is 16.1. The third kappa shape index (κ3) is 6.76. The Kier molecular flexibility index (Phi) is 9.74. The highest BCUT2D eigenvalue weighted by molar-refractivity contribution is 6.17. The van der Waals surface area contributed by atoms with Gasteiger partial charge in [-0.1, -0.05) is 31.5 Å². The highest BCUT2D eigenvalue weighted by atomic mass is 19.1. The molecule has 0 bridgehead atoms. The quantitative estimate of drug-likeness (QED) is 0.143. The molecule has 12 heteroatoms. The van der Waals surface area contributed by atoms with E-state index in [9.17, 15) is 9.59 Å². The second kappa shape index (κ2) is 14.1. The molecule has 2 fully saturated rings. The second-order valence-corrected chi connectivity index (χ2v) is 12.3. The number of aryl methyl sites for hydroxylation is 1. The summed E-state index contributed by atoms with van der Waals surface area (Å²) < 4.78 is 38.3. The molecule has 0 radical (unpaired) electrons. The molecule has 2 heterocycles. The molecule has 3 atom stereocenters. The van der Waals surface area contributed by atoms with Crippen LogP contribution in [-0.4, -0.2) is 73.2 Å². The Hall–Kier alpha value is -4.81. The first-order valence-corrected chi connectivity index (χ1v) is 16.1. The van der Waals surface area contributed by atoms with Crippen LogP contribution < -0.4 is 24.8 Å². The Labute approximate surface area is 278 Å². The van der Waals surface area contributed by atoms with Gasteiger partial charge in [-0.3, -0.25) is 14.5 Å². The fourth-order valence-corrected chi connectivity index (χ4v) is 6.27. The van der Waals surface area contributed by atoms with Crippen molar-refractivity contribution in [3.63, 3.8) is 0 Å². The van der Waals surface area contributed by atoms with Crippen LogP contribution >= 0.6 is 0 Å². The lowest BCUT2D eigenvalue weighted by molar-refractivity contribution is -0.132. The monoisotopic (exact) mass is 657 g/mol. The number of fused-ring (bicyclic) bond motifs is 1. The van der Waals surface area contributed by atoms with Crippen LogP contribution in [0.5, 0.6) is 23.1 Å². The van der Waals surface area contributed by atoms with Gasteiger partial charge in [-0.15, -0.1) is 0 Å². The van der Waals surface area contributed by atoms with Gasteiger partial charge in [-0.05, 0) is 55.5 Å². The summed E-state index contributed by atoms with van der Waals surface area (Å²) in [6.07, 6.45) is 2.17. The number of carbonyl (C=O) groups excluding carboxylic acids is 2. The molecule has 2 N–H and O–H groups in total. The van der Waals surface area contributed by atoms with Crippen LogP contribution in [-0.2, 0) is 14.3 Å². The van der Waals surface area contributed by atoms with E-state index < -0.39 is 23.0 Å². The summed E-state index contributed by atoms with van der Waals surface area (Å²) in [6, 6.07) is 14.9. The molecule has 6 rings (SSSR count). The van der Waals surface area contributed by atoms with E-state index in [0.29, 0.717) is 34.7 Å². The lowest BCUT2D eigenvalue weighted by Gasteiger charge is -2.26. The van der Waals surface area contributed by atoms with Crippen LogP contribution in [0.3, 0.4) is 0 Å². The number of hydrogen-bond donors (Lipinski definition) is 2. The fourth-order valence-electron chi connectivity index (χ4n) is 6.27. The van der Waals surface area contributed by atoms with Crippen LogP contribution in [0.2, 0.25) is 0 Å². The first-order chi connectivity index (χ1) is 23.2. The van der Waals surface area contributed by atoms with Crippen LogP contribution in [0.4, 0.5) is 15.8 Å². The number of anilines is 2. The molecule has 48 heavy (non-hydrogen) atoms. The Morgan fingerprint density at radius 1 is 0.938 bits per heavy atom. The molecule has 1 aliphatic heterocycles. The molecule has 2 unspecified atom stereocenters. The number of aromatic nitrogens is 2. The molecule has 252 valence electrons. The van der Waals surface area contributed by atoms with E-state index >= 15 is 4.39 Å². The summed E-state index contributed by atoms with van der Waals surface area (Å²) in [5.41, 5.74) is 1.12. The number of rotatable bonds is 12. The van der Waals surface area contributed by atoms with Gasteiger partial charge in [0, 0.05) is 43.1 Å². The van der Waals surface area contributed by atoms with E-state index in [1.54, 1.807) is 24.3 Å². The number of amides is 2. The van der Waals surface area contributed by atoms with E-state index in [0.717, 1.165) is 50.9 Å². The number of halogens is 1. The molecule has 1 aromatic heterocycles. The van der Waals surface area contributed by atoms with E-state index in [1.165, 1.54) is 25.6 Å². The third-order valence-corrected chi connectivity index (χ3v) is 9.40. The summed E-state index contributed by atoms with van der Waals surface area (Å²) in [6.45, 7) is 10.4. The van der Waals surface area contributed by atoms with Crippen molar-refractivity contribution < 1.29 is 32.9 Å². The van der Waals surface area contributed by atoms with Gasteiger partial charge in [-0.2, -0.15) is 0 Å². The van der Waals surface area contributed by atoms with Gasteiger partial charge in [0.05, 0.1) is 37.8 Å². The molecule has 1 saturated heterocycles. The second-order valence-electron chi connectivity index (χ2n) is 12.3. The molecule has 3 aromatic carbocycles. The molecule has 4 aromatic rings. The summed E-state index contributed by atoms with van der Waals surface area (Å²) >= 11 is 0. The highest BCUT2D eigenvalue weighted by Crippen LogP contribution is 2.59. The highest BCUT2D eigenvalue weighted by Gasteiger charge is 2.69. The van der Waals surface area contributed by atoms with Crippen molar-refractivity contribution in [1.29, 1.82) is 0 Å². The predicted octanol–water partition coefficient (Wildman–Crippen LogP) is 5.83. The van der Waals surface area contributed by atoms with Gasteiger partial charge in [0.15, 0.2) is 23.1 Å². The van der Waals surface area contributed by atoms with Crippen molar-refractivity contribution >= 4 is 34.1 Å². The first kappa shape index (κ1) is 33.1. The van der Waals surface area contributed by atoms with Crippen molar-refractivity contribution in [2.45, 2.75) is 27.2 Å². The molecular formula is C36H40FN5O6. The van der Waals surface area contributed by atoms with E-state index in [1.807, 2.05) is 32.9 Å². The third-order valence-electron chi connectivity index (χ3n) is 9.40. The molecule has 1 saturated carbocycles. The van der Waals surface area contributed by atoms with Gasteiger partial charge in [-0.25, -0.2) is 14.4 Å². The SMILES string of the molecule is COc1cc2c(Oc3ccc(NC(=O)C4(C(=O)Nc5ccc(C)cc5)C(C)[C@H]4C)cc3F)ncnc2cc1OCCCN1CCOCC1. The van der Waals surface area contributed by atoms with Gasteiger partial charge in [0.25, 0.3) is 0 Å². The number of benzene rings is 3. The lowest BCUT2D eigenvalue weighted by Crippen LogP contribution is -2.38. The molecule has 2 amide bonds. The molecule has 0 spiro atoms. The maximum Gasteiger partial charge on any atom is 0.240 e. The van der Waals surface area contributed by atoms with Gasteiger partial charge < -0.3 is 29.6 Å². The van der Waals surface area contributed by atoms with E-state index in [-0.39, 0.29) is 29.2 Å². The Morgan fingerprint density at radius 3 is 2.29 bits per heavy atom. The Balaban J connectivity index is 1.13. The van der Waals surface area contributed by atoms with Crippen molar-refractivity contribution in [2.24, 2.45) is 17.3 Å². The summed E-state index contributed by atoms with van der Waals surface area (Å²) in [7, 11) is 1.54. The zero-order valence-corrected chi connectivity index (χ0v) is 27.5. The zero-order chi connectivity index (χ0) is 33.8. The van der Waals surface area contributed by atoms with Crippen LogP contribution in [0.15, 0.2) is 60.9 Å². The smallest absolute Gasteiger partial charge is 0.240 e. The number of morpholine rings is 1. The molecule has 1 aliphatic carbocycles. The average molecular weight is 658 g/mol. The van der Waals surface area contributed by atoms with Crippen LogP contribution in [0, 0.1) is 30.0 Å². The Bertz CT molecular complexity index is 1790. The number of nitrogens with one attached hydrogen (secondary N) is 2. The number of ether oxygens (including phenoxy) is 4.